The number of hydrogen-bond acceptors (Lipinski definition) is 4. The van der Waals surface area contributed by atoms with Gasteiger partial charge in [0, 0.05) is 43.7 Å². The highest BCUT2D eigenvalue weighted by Crippen LogP contribution is 2.30. The fraction of sp³-hybridized carbons (Fsp3) is 0.529. The maximum atomic E-state index is 6.08. The molecule has 1 saturated heterocycles. The van der Waals surface area contributed by atoms with Crippen LogP contribution in [-0.2, 0) is 0 Å². The molecule has 4 nitrogen and oxygen atoms in total. The second kappa shape index (κ2) is 6.60. The molecule has 0 amide bonds. The van der Waals surface area contributed by atoms with Gasteiger partial charge in [-0.25, -0.2) is 0 Å². The number of rotatable bonds is 5. The Morgan fingerprint density at radius 3 is 2.67 bits per heavy atom. The minimum absolute atomic E-state index is 0.262. The first-order valence-electron chi connectivity index (χ1n) is 7.96. The van der Waals surface area contributed by atoms with Crippen LogP contribution in [0.4, 0.5) is 0 Å². The van der Waals surface area contributed by atoms with Gasteiger partial charge in [0.1, 0.15) is 5.58 Å². The summed E-state index contributed by atoms with van der Waals surface area (Å²) in [6.45, 7) is 8.53. The summed E-state index contributed by atoms with van der Waals surface area (Å²) < 4.78 is 5.69. The Balaban J connectivity index is 1.76. The van der Waals surface area contributed by atoms with Crippen LogP contribution in [0.15, 0.2) is 34.9 Å². The number of para-hydroxylation sites is 1. The third-order valence-corrected chi connectivity index (χ3v) is 4.48. The van der Waals surface area contributed by atoms with Crippen LogP contribution in [-0.4, -0.2) is 49.1 Å². The smallest absolute Gasteiger partial charge is 0.134 e. The first kappa shape index (κ1) is 14.6. The molecule has 21 heavy (non-hydrogen) atoms. The van der Waals surface area contributed by atoms with Crippen LogP contribution >= 0.6 is 0 Å². The van der Waals surface area contributed by atoms with Gasteiger partial charge in [0.25, 0.3) is 0 Å². The molecule has 114 valence electrons. The quantitative estimate of drug-likeness (QED) is 0.917. The topological polar surface area (TPSA) is 45.6 Å². The van der Waals surface area contributed by atoms with Gasteiger partial charge in [-0.2, -0.15) is 0 Å². The molecule has 1 unspecified atom stereocenters. The molecule has 0 saturated carbocycles. The van der Waals surface area contributed by atoms with Crippen molar-refractivity contribution < 1.29 is 4.42 Å². The Labute approximate surface area is 126 Å². The highest BCUT2D eigenvalue weighted by Gasteiger charge is 2.26. The predicted octanol–water partition coefficient (Wildman–Crippen LogP) is 2.46. The Kier molecular flexibility index (Phi) is 4.58. The summed E-state index contributed by atoms with van der Waals surface area (Å²) >= 11 is 0. The number of nitrogens with zero attached hydrogens (tertiary/aromatic N) is 2. The molecule has 0 radical (unpaired) electrons. The molecule has 0 spiro atoms. The second-order valence-corrected chi connectivity index (χ2v) is 5.82. The number of nitrogens with two attached hydrogens (primary N) is 1. The first-order valence-corrected chi connectivity index (χ1v) is 7.96. The van der Waals surface area contributed by atoms with Gasteiger partial charge in [-0.3, -0.25) is 4.90 Å². The zero-order valence-electron chi connectivity index (χ0n) is 12.8. The fourth-order valence-corrected chi connectivity index (χ4v) is 3.34. The van der Waals surface area contributed by atoms with E-state index in [-0.39, 0.29) is 6.04 Å². The van der Waals surface area contributed by atoms with E-state index in [1.165, 1.54) is 23.9 Å². The fourth-order valence-electron chi connectivity index (χ4n) is 3.34. The lowest BCUT2D eigenvalue weighted by molar-refractivity contribution is 0.0987. The van der Waals surface area contributed by atoms with Crippen LogP contribution in [0, 0.1) is 0 Å². The standard InChI is InChI=1S/C17H25N3O/c1-2-7-19-8-10-20(11-9-19)16(12-18)15-13-21-17-6-4-3-5-14(15)17/h3-6,13,16H,2,7-12,18H2,1H3. The summed E-state index contributed by atoms with van der Waals surface area (Å²) in [5.41, 5.74) is 8.27. The average Bonchev–Trinajstić information content (AvgIpc) is 2.94. The van der Waals surface area contributed by atoms with Crippen molar-refractivity contribution in [3.63, 3.8) is 0 Å². The van der Waals surface area contributed by atoms with Crippen LogP contribution < -0.4 is 5.73 Å². The summed E-state index contributed by atoms with van der Waals surface area (Å²) in [7, 11) is 0. The molecule has 4 heteroatoms. The zero-order valence-corrected chi connectivity index (χ0v) is 12.8. The van der Waals surface area contributed by atoms with Crippen LogP contribution in [0.25, 0.3) is 11.0 Å². The first-order chi connectivity index (χ1) is 10.3. The van der Waals surface area contributed by atoms with Gasteiger partial charge in [-0.1, -0.05) is 25.1 Å². The number of fused-ring (bicyclic) bond motifs is 1. The molecular weight excluding hydrogens is 262 g/mol. The number of furan rings is 1. The molecule has 2 N–H and O–H groups in total. The summed E-state index contributed by atoms with van der Waals surface area (Å²) in [5, 5.41) is 1.20. The molecule has 1 aliphatic heterocycles. The molecule has 3 rings (SSSR count). The summed E-state index contributed by atoms with van der Waals surface area (Å²) in [6, 6.07) is 8.48. The largest absolute Gasteiger partial charge is 0.464 e. The van der Waals surface area contributed by atoms with Gasteiger partial charge in [0.05, 0.1) is 12.3 Å². The van der Waals surface area contributed by atoms with Gasteiger partial charge in [-0.05, 0) is 19.0 Å². The van der Waals surface area contributed by atoms with Crippen molar-refractivity contribution >= 4 is 11.0 Å². The van der Waals surface area contributed by atoms with E-state index in [1.807, 2.05) is 18.4 Å². The minimum Gasteiger partial charge on any atom is -0.464 e. The molecule has 1 atom stereocenters. The van der Waals surface area contributed by atoms with Crippen LogP contribution in [0.3, 0.4) is 0 Å². The highest BCUT2D eigenvalue weighted by atomic mass is 16.3. The summed E-state index contributed by atoms with van der Waals surface area (Å²) in [4.78, 5) is 5.04. The van der Waals surface area contributed by atoms with Crippen molar-refractivity contribution in [2.24, 2.45) is 5.73 Å². The average molecular weight is 287 g/mol. The van der Waals surface area contributed by atoms with Crippen LogP contribution in [0.1, 0.15) is 24.9 Å². The Bertz CT molecular complexity index is 572. The number of hydrogen-bond donors (Lipinski definition) is 1. The van der Waals surface area contributed by atoms with Gasteiger partial charge >= 0.3 is 0 Å². The molecule has 2 aromatic rings. The summed E-state index contributed by atoms with van der Waals surface area (Å²) in [5.74, 6) is 0. The number of benzene rings is 1. The second-order valence-electron chi connectivity index (χ2n) is 5.82. The van der Waals surface area contributed by atoms with E-state index < -0.39 is 0 Å². The van der Waals surface area contributed by atoms with E-state index in [1.54, 1.807) is 0 Å². The molecule has 0 aliphatic carbocycles. The van der Waals surface area contributed by atoms with Gasteiger partial charge in [-0.15, -0.1) is 0 Å². The lowest BCUT2D eigenvalue weighted by atomic mass is 10.0. The number of piperazine rings is 1. The zero-order chi connectivity index (χ0) is 14.7. The van der Waals surface area contributed by atoms with E-state index in [0.717, 1.165) is 31.8 Å². The minimum atomic E-state index is 0.262. The van der Waals surface area contributed by atoms with Gasteiger partial charge in [0.15, 0.2) is 0 Å². The van der Waals surface area contributed by atoms with Crippen molar-refractivity contribution in [1.82, 2.24) is 9.80 Å². The third kappa shape index (κ3) is 2.98. The molecule has 2 heterocycles. The van der Waals surface area contributed by atoms with Crippen molar-refractivity contribution in [3.8, 4) is 0 Å². The SMILES string of the molecule is CCCN1CCN(C(CN)c2coc3ccccc23)CC1. The highest BCUT2D eigenvalue weighted by molar-refractivity contribution is 5.81. The van der Waals surface area contributed by atoms with Gasteiger partial charge in [0.2, 0.25) is 0 Å². The normalized spacial score (nSPS) is 19.1. The lowest BCUT2D eigenvalue weighted by Gasteiger charge is -2.38. The van der Waals surface area contributed by atoms with E-state index >= 15 is 0 Å². The Morgan fingerprint density at radius 1 is 1.19 bits per heavy atom. The lowest BCUT2D eigenvalue weighted by Crippen LogP contribution is -2.49. The van der Waals surface area contributed by atoms with E-state index in [2.05, 4.69) is 28.9 Å². The van der Waals surface area contributed by atoms with E-state index in [0.29, 0.717) is 6.54 Å². The predicted molar refractivity (Wildman–Crippen MR) is 86.3 cm³/mol. The van der Waals surface area contributed by atoms with Crippen molar-refractivity contribution in [1.29, 1.82) is 0 Å². The van der Waals surface area contributed by atoms with Gasteiger partial charge < -0.3 is 15.1 Å². The Morgan fingerprint density at radius 2 is 1.95 bits per heavy atom. The Hall–Kier alpha value is -1.36. The summed E-state index contributed by atoms with van der Waals surface area (Å²) in [6.07, 6.45) is 3.12. The van der Waals surface area contributed by atoms with Crippen molar-refractivity contribution in [2.75, 3.05) is 39.3 Å². The molecular formula is C17H25N3O. The molecule has 0 bridgehead atoms. The van der Waals surface area contributed by atoms with Crippen molar-refractivity contribution in [2.45, 2.75) is 19.4 Å². The molecule has 1 fully saturated rings. The van der Waals surface area contributed by atoms with Crippen molar-refractivity contribution in [3.05, 3.63) is 36.1 Å². The van der Waals surface area contributed by atoms with Crippen LogP contribution in [0.5, 0.6) is 0 Å². The molecule has 1 aromatic carbocycles. The van der Waals surface area contributed by atoms with Crippen LogP contribution in [0.2, 0.25) is 0 Å². The monoisotopic (exact) mass is 287 g/mol. The maximum absolute atomic E-state index is 6.08. The van der Waals surface area contributed by atoms with E-state index in [4.69, 9.17) is 10.2 Å². The maximum Gasteiger partial charge on any atom is 0.134 e. The van der Waals surface area contributed by atoms with E-state index in [9.17, 15) is 0 Å². The molecule has 1 aromatic heterocycles. The molecule has 1 aliphatic rings. The third-order valence-electron chi connectivity index (χ3n) is 4.48.